The molecule has 2 N–H and O–H groups in total. The number of hydrogen-bond acceptors (Lipinski definition) is 4. The molecule has 2 rings (SSSR count). The number of nitrogens with zero attached hydrogens (tertiary/aromatic N) is 1. The molecule has 2 aromatic rings. The van der Waals surface area contributed by atoms with Crippen LogP contribution in [0.3, 0.4) is 0 Å². The Morgan fingerprint density at radius 1 is 1.30 bits per heavy atom. The largest absolute Gasteiger partial charge is 0.493 e. The van der Waals surface area contributed by atoms with Gasteiger partial charge in [-0.05, 0) is 19.1 Å². The van der Waals surface area contributed by atoms with E-state index in [-0.39, 0.29) is 5.69 Å². The summed E-state index contributed by atoms with van der Waals surface area (Å²) in [5, 5.41) is 15.7. The van der Waals surface area contributed by atoms with E-state index in [1.807, 2.05) is 6.92 Å². The van der Waals surface area contributed by atoms with Crippen LogP contribution in [0.1, 0.15) is 16.1 Å². The SMILES string of the molecule is COc1c(Cl)cc(-c2cc(C(=O)O)[nH]n2)c(C)c1OC. The molecular formula is C13H13ClN2O4. The average Bonchev–Trinajstić information content (AvgIpc) is 2.90. The van der Waals surface area contributed by atoms with Crippen molar-refractivity contribution in [1.82, 2.24) is 10.2 Å². The molecule has 1 aromatic carbocycles. The van der Waals surface area contributed by atoms with Gasteiger partial charge in [0.1, 0.15) is 5.69 Å². The number of nitrogens with one attached hydrogen (secondary N) is 1. The zero-order valence-corrected chi connectivity index (χ0v) is 11.9. The third-order valence-electron chi connectivity index (χ3n) is 2.93. The van der Waals surface area contributed by atoms with Gasteiger partial charge >= 0.3 is 5.97 Å². The molecule has 0 saturated heterocycles. The van der Waals surface area contributed by atoms with Crippen molar-refractivity contribution in [3.63, 3.8) is 0 Å². The molecule has 106 valence electrons. The number of aromatic nitrogens is 2. The maximum absolute atomic E-state index is 10.9. The molecule has 0 spiro atoms. The molecule has 0 unspecified atom stereocenters. The van der Waals surface area contributed by atoms with Crippen LogP contribution in [-0.4, -0.2) is 35.5 Å². The number of methoxy groups -OCH3 is 2. The van der Waals surface area contributed by atoms with Gasteiger partial charge in [0, 0.05) is 11.1 Å². The van der Waals surface area contributed by atoms with Crippen LogP contribution in [0.5, 0.6) is 11.5 Å². The van der Waals surface area contributed by atoms with E-state index < -0.39 is 5.97 Å². The summed E-state index contributed by atoms with van der Waals surface area (Å²) >= 11 is 6.15. The summed E-state index contributed by atoms with van der Waals surface area (Å²) in [6.07, 6.45) is 0. The van der Waals surface area contributed by atoms with Gasteiger partial charge in [0.15, 0.2) is 11.5 Å². The van der Waals surface area contributed by atoms with Crippen molar-refractivity contribution in [3.05, 3.63) is 28.4 Å². The summed E-state index contributed by atoms with van der Waals surface area (Å²) in [4.78, 5) is 10.9. The molecule has 0 bridgehead atoms. The molecule has 0 aliphatic heterocycles. The second-order valence-electron chi connectivity index (χ2n) is 4.07. The van der Waals surface area contributed by atoms with E-state index in [9.17, 15) is 4.79 Å². The Morgan fingerprint density at radius 3 is 2.45 bits per heavy atom. The van der Waals surface area contributed by atoms with Crippen LogP contribution in [0, 0.1) is 6.92 Å². The van der Waals surface area contributed by atoms with Crippen molar-refractivity contribution in [2.75, 3.05) is 14.2 Å². The van der Waals surface area contributed by atoms with E-state index in [1.54, 1.807) is 6.07 Å². The van der Waals surface area contributed by atoms with Crippen LogP contribution < -0.4 is 9.47 Å². The van der Waals surface area contributed by atoms with Crippen LogP contribution in [0.2, 0.25) is 5.02 Å². The Balaban J connectivity index is 2.62. The number of halogens is 1. The van der Waals surface area contributed by atoms with Crippen molar-refractivity contribution in [3.8, 4) is 22.8 Å². The lowest BCUT2D eigenvalue weighted by atomic mass is 10.0. The van der Waals surface area contributed by atoms with Crippen LogP contribution in [-0.2, 0) is 0 Å². The highest BCUT2D eigenvalue weighted by atomic mass is 35.5. The van der Waals surface area contributed by atoms with Gasteiger partial charge in [-0.25, -0.2) is 4.79 Å². The van der Waals surface area contributed by atoms with Gasteiger partial charge in [-0.15, -0.1) is 0 Å². The number of rotatable bonds is 4. The number of carboxylic acid groups (broad SMARTS) is 1. The minimum Gasteiger partial charge on any atom is -0.493 e. The zero-order chi connectivity index (χ0) is 14.9. The highest BCUT2D eigenvalue weighted by Crippen LogP contribution is 2.42. The standard InChI is InChI=1S/C13H13ClN2O4/c1-6-7(9-5-10(13(17)18)16-15-9)4-8(14)12(20-3)11(6)19-2/h4-5H,1-3H3,(H,15,16)(H,17,18). The molecule has 0 amide bonds. The molecule has 0 atom stereocenters. The topological polar surface area (TPSA) is 84.4 Å². The number of aromatic amines is 1. The van der Waals surface area contributed by atoms with Crippen molar-refractivity contribution in [2.45, 2.75) is 6.92 Å². The van der Waals surface area contributed by atoms with Gasteiger partial charge in [0.05, 0.1) is 24.9 Å². The Bertz CT molecular complexity index is 667. The van der Waals surface area contributed by atoms with Crippen molar-refractivity contribution >= 4 is 17.6 Å². The molecule has 7 heteroatoms. The van der Waals surface area contributed by atoms with E-state index in [0.717, 1.165) is 5.56 Å². The second kappa shape index (κ2) is 5.42. The summed E-state index contributed by atoms with van der Waals surface area (Å²) in [6.45, 7) is 1.82. The minimum atomic E-state index is -1.08. The first-order valence-corrected chi connectivity index (χ1v) is 6.07. The highest BCUT2D eigenvalue weighted by molar-refractivity contribution is 6.32. The number of aromatic carboxylic acids is 1. The molecule has 0 fully saturated rings. The van der Waals surface area contributed by atoms with Crippen LogP contribution in [0.15, 0.2) is 12.1 Å². The van der Waals surface area contributed by atoms with Crippen molar-refractivity contribution in [1.29, 1.82) is 0 Å². The molecule has 1 aromatic heterocycles. The molecule has 20 heavy (non-hydrogen) atoms. The van der Waals surface area contributed by atoms with E-state index in [2.05, 4.69) is 10.2 Å². The summed E-state index contributed by atoms with van der Waals surface area (Å²) < 4.78 is 10.5. The first-order valence-electron chi connectivity index (χ1n) is 5.69. The fraction of sp³-hybridized carbons (Fsp3) is 0.231. The molecule has 0 aliphatic carbocycles. The summed E-state index contributed by atoms with van der Waals surface area (Å²) in [6, 6.07) is 3.10. The molecular weight excluding hydrogens is 284 g/mol. The van der Waals surface area contributed by atoms with E-state index in [1.165, 1.54) is 20.3 Å². The minimum absolute atomic E-state index is 0.00491. The fourth-order valence-electron chi connectivity index (χ4n) is 1.97. The number of ether oxygens (including phenoxy) is 2. The molecule has 0 radical (unpaired) electrons. The number of hydrogen-bond donors (Lipinski definition) is 2. The number of H-pyrrole nitrogens is 1. The molecule has 0 saturated carbocycles. The van der Waals surface area contributed by atoms with Crippen molar-refractivity contribution < 1.29 is 19.4 Å². The average molecular weight is 297 g/mol. The van der Waals surface area contributed by atoms with Crippen LogP contribution in [0.4, 0.5) is 0 Å². The maximum Gasteiger partial charge on any atom is 0.353 e. The Hall–Kier alpha value is -2.21. The lowest BCUT2D eigenvalue weighted by Crippen LogP contribution is -1.96. The smallest absolute Gasteiger partial charge is 0.353 e. The van der Waals surface area contributed by atoms with Gasteiger partial charge < -0.3 is 14.6 Å². The van der Waals surface area contributed by atoms with Gasteiger partial charge in [-0.2, -0.15) is 5.10 Å². The first-order chi connectivity index (χ1) is 9.49. The number of carboxylic acids is 1. The Morgan fingerprint density at radius 2 is 1.95 bits per heavy atom. The summed E-state index contributed by atoms with van der Waals surface area (Å²) in [5.74, 6) is -0.146. The van der Waals surface area contributed by atoms with E-state index >= 15 is 0 Å². The summed E-state index contributed by atoms with van der Waals surface area (Å²) in [5.41, 5.74) is 1.92. The van der Waals surface area contributed by atoms with Crippen LogP contribution in [0.25, 0.3) is 11.3 Å². The Labute approximate surface area is 120 Å². The molecule has 1 heterocycles. The first kappa shape index (κ1) is 14.2. The third-order valence-corrected chi connectivity index (χ3v) is 3.21. The van der Waals surface area contributed by atoms with Gasteiger partial charge in [0.25, 0.3) is 0 Å². The Kier molecular flexibility index (Phi) is 3.85. The molecule has 0 aliphatic rings. The lowest BCUT2D eigenvalue weighted by molar-refractivity contribution is 0.0690. The summed E-state index contributed by atoms with van der Waals surface area (Å²) in [7, 11) is 3.01. The van der Waals surface area contributed by atoms with Crippen LogP contribution >= 0.6 is 11.6 Å². The predicted molar refractivity (Wildman–Crippen MR) is 73.8 cm³/mol. The lowest BCUT2D eigenvalue weighted by Gasteiger charge is -2.14. The highest BCUT2D eigenvalue weighted by Gasteiger charge is 2.19. The third kappa shape index (κ3) is 2.30. The number of benzene rings is 1. The fourth-order valence-corrected chi connectivity index (χ4v) is 2.24. The van der Waals surface area contributed by atoms with Gasteiger partial charge in [-0.1, -0.05) is 11.6 Å². The van der Waals surface area contributed by atoms with Crippen molar-refractivity contribution in [2.24, 2.45) is 0 Å². The second-order valence-corrected chi connectivity index (χ2v) is 4.48. The quantitative estimate of drug-likeness (QED) is 0.906. The van der Waals surface area contributed by atoms with E-state index in [4.69, 9.17) is 26.2 Å². The maximum atomic E-state index is 10.9. The number of carbonyl (C=O) groups is 1. The monoisotopic (exact) mass is 296 g/mol. The van der Waals surface area contributed by atoms with Gasteiger partial charge in [0.2, 0.25) is 0 Å². The van der Waals surface area contributed by atoms with Gasteiger partial charge in [-0.3, -0.25) is 5.10 Å². The normalized spacial score (nSPS) is 10.4. The molecule has 6 nitrogen and oxygen atoms in total. The van der Waals surface area contributed by atoms with E-state index in [0.29, 0.717) is 27.8 Å². The zero-order valence-electron chi connectivity index (χ0n) is 11.2. The predicted octanol–water partition coefficient (Wildman–Crippen LogP) is 2.75.